The summed E-state index contributed by atoms with van der Waals surface area (Å²) in [6.07, 6.45) is 0. The average molecular weight is 202 g/mol. The molecule has 0 aromatic rings. The van der Waals surface area contributed by atoms with E-state index >= 15 is 0 Å². The summed E-state index contributed by atoms with van der Waals surface area (Å²) in [5.74, 6) is 0. The second-order valence-corrected chi connectivity index (χ2v) is 3.31. The van der Waals surface area contributed by atoms with Crippen LogP contribution in [0.15, 0.2) is 0 Å². The summed E-state index contributed by atoms with van der Waals surface area (Å²) < 4.78 is 23.9. The first-order valence-corrected chi connectivity index (χ1v) is 3.51. The van der Waals surface area contributed by atoms with E-state index < -0.39 is 4.83 Å². The molecule has 0 aromatic heterocycles. The average Bonchev–Trinajstić information content (AvgIpc) is 1.59. The van der Waals surface area contributed by atoms with E-state index in [1.807, 2.05) is 13.8 Å². The molecule has 1 nitrogen and oxygen atoms in total. The highest BCUT2D eigenvalue weighted by atomic mass is 79.9. The first-order valence-electron chi connectivity index (χ1n) is 2.72. The summed E-state index contributed by atoms with van der Waals surface area (Å²) in [6, 6.07) is 0.105. The summed E-state index contributed by atoms with van der Waals surface area (Å²) in [4.78, 5) is -2.77. The van der Waals surface area contributed by atoms with Gasteiger partial charge < -0.3 is 5.32 Å². The molecule has 0 amide bonds. The van der Waals surface area contributed by atoms with E-state index in [4.69, 9.17) is 0 Å². The van der Waals surface area contributed by atoms with Gasteiger partial charge in [-0.05, 0) is 15.9 Å². The largest absolute Gasteiger partial charge is 0.313 e. The van der Waals surface area contributed by atoms with Crippen molar-refractivity contribution in [3.63, 3.8) is 0 Å². The van der Waals surface area contributed by atoms with Gasteiger partial charge in [-0.3, -0.25) is 0 Å². The van der Waals surface area contributed by atoms with Crippen LogP contribution in [0.2, 0.25) is 0 Å². The normalized spacial score (nSPS) is 12.7. The molecule has 0 radical (unpaired) electrons. The number of alkyl halides is 3. The van der Waals surface area contributed by atoms with E-state index in [0.29, 0.717) is 0 Å². The van der Waals surface area contributed by atoms with E-state index in [9.17, 15) is 8.78 Å². The highest BCUT2D eigenvalue weighted by molar-refractivity contribution is 9.10. The zero-order valence-corrected chi connectivity index (χ0v) is 7.00. The molecule has 4 heteroatoms. The number of hydrogen-bond acceptors (Lipinski definition) is 1. The summed E-state index contributed by atoms with van der Waals surface area (Å²) in [7, 11) is 0. The van der Waals surface area contributed by atoms with Crippen LogP contribution in [-0.4, -0.2) is 17.4 Å². The Morgan fingerprint density at radius 1 is 1.56 bits per heavy atom. The fourth-order valence-corrected chi connectivity index (χ4v) is 0.482. The second-order valence-electron chi connectivity index (χ2n) is 2.15. The zero-order chi connectivity index (χ0) is 7.49. The topological polar surface area (TPSA) is 12.0 Å². The Morgan fingerprint density at radius 3 is 2.11 bits per heavy atom. The number of rotatable bonds is 3. The van der Waals surface area contributed by atoms with Gasteiger partial charge in [0.25, 0.3) is 0 Å². The molecule has 0 heterocycles. The maximum absolute atomic E-state index is 11.9. The van der Waals surface area contributed by atoms with Gasteiger partial charge >= 0.3 is 4.83 Å². The molecule has 0 unspecified atom stereocenters. The van der Waals surface area contributed by atoms with Crippen LogP contribution in [0.25, 0.3) is 0 Å². The van der Waals surface area contributed by atoms with Gasteiger partial charge in [0.1, 0.15) is 0 Å². The molecule has 56 valence electrons. The Bertz CT molecular complexity index is 79.5. The Kier molecular flexibility index (Phi) is 3.58. The van der Waals surface area contributed by atoms with Gasteiger partial charge in [0, 0.05) is 6.04 Å². The lowest BCUT2D eigenvalue weighted by molar-refractivity contribution is 0.111. The molecule has 1 N–H and O–H groups in total. The summed E-state index contributed by atoms with van der Waals surface area (Å²) in [6.45, 7) is 3.32. The van der Waals surface area contributed by atoms with E-state index in [2.05, 4.69) is 21.2 Å². The highest BCUT2D eigenvalue weighted by Crippen LogP contribution is 2.19. The van der Waals surface area contributed by atoms with Gasteiger partial charge in [-0.1, -0.05) is 13.8 Å². The first-order chi connectivity index (χ1) is 3.92. The molecular formula is C5H10BrF2N. The maximum atomic E-state index is 11.9. The molecule has 0 fully saturated rings. The molecule has 0 spiro atoms. The van der Waals surface area contributed by atoms with Crippen molar-refractivity contribution in [3.8, 4) is 0 Å². The van der Waals surface area contributed by atoms with Gasteiger partial charge in [-0.15, -0.1) is 0 Å². The Hall–Kier alpha value is 0.300. The van der Waals surface area contributed by atoms with E-state index in [-0.39, 0.29) is 12.6 Å². The Labute approximate surface area is 61.9 Å². The predicted octanol–water partition coefficient (Wildman–Crippen LogP) is 1.97. The number of hydrogen-bond donors (Lipinski definition) is 1. The third-order valence-electron chi connectivity index (χ3n) is 0.711. The lowest BCUT2D eigenvalue weighted by Gasteiger charge is -2.11. The van der Waals surface area contributed by atoms with Gasteiger partial charge in [-0.2, -0.15) is 8.78 Å². The van der Waals surface area contributed by atoms with Crippen LogP contribution in [0, 0.1) is 0 Å². The lowest BCUT2D eigenvalue weighted by Crippen LogP contribution is -2.32. The summed E-state index contributed by atoms with van der Waals surface area (Å²) >= 11 is 2.21. The Morgan fingerprint density at radius 2 is 2.00 bits per heavy atom. The standard InChI is InChI=1S/C5H10BrF2N/c1-4(2)9-3-5(6,7)8/h4,9H,3H2,1-2H3. The van der Waals surface area contributed by atoms with Crippen LogP contribution in [0.1, 0.15) is 13.8 Å². The molecule has 0 atom stereocenters. The van der Waals surface area contributed by atoms with Crippen LogP contribution >= 0.6 is 15.9 Å². The van der Waals surface area contributed by atoms with Crippen LogP contribution in [0.5, 0.6) is 0 Å². The van der Waals surface area contributed by atoms with Crippen LogP contribution in [-0.2, 0) is 0 Å². The SMILES string of the molecule is CC(C)NCC(F)(F)Br. The van der Waals surface area contributed by atoms with Crippen molar-refractivity contribution in [1.82, 2.24) is 5.32 Å². The molecular weight excluding hydrogens is 192 g/mol. The van der Waals surface area contributed by atoms with Gasteiger partial charge in [-0.25, -0.2) is 0 Å². The maximum Gasteiger partial charge on any atom is 0.313 e. The van der Waals surface area contributed by atoms with E-state index in [1.54, 1.807) is 0 Å². The third kappa shape index (κ3) is 8.30. The van der Waals surface area contributed by atoms with Gasteiger partial charge in [0.15, 0.2) is 0 Å². The van der Waals surface area contributed by atoms with Gasteiger partial charge in [0.2, 0.25) is 0 Å². The van der Waals surface area contributed by atoms with Gasteiger partial charge in [0.05, 0.1) is 6.54 Å². The van der Waals surface area contributed by atoms with Crippen LogP contribution < -0.4 is 5.32 Å². The third-order valence-corrected chi connectivity index (χ3v) is 0.991. The molecule has 0 rings (SSSR count). The molecule has 0 aromatic carbocycles. The van der Waals surface area contributed by atoms with Crippen molar-refractivity contribution < 1.29 is 8.78 Å². The minimum absolute atomic E-state index is 0.105. The van der Waals surface area contributed by atoms with Crippen molar-refractivity contribution in [3.05, 3.63) is 0 Å². The molecule has 0 aliphatic heterocycles. The minimum Gasteiger partial charge on any atom is -0.308 e. The molecule has 0 bridgehead atoms. The monoisotopic (exact) mass is 201 g/mol. The summed E-state index contributed by atoms with van der Waals surface area (Å²) in [5, 5.41) is 2.59. The minimum atomic E-state index is -2.77. The fourth-order valence-electron chi connectivity index (χ4n) is 0.320. The lowest BCUT2D eigenvalue weighted by atomic mass is 10.4. The van der Waals surface area contributed by atoms with Crippen molar-refractivity contribution in [2.24, 2.45) is 0 Å². The van der Waals surface area contributed by atoms with Crippen LogP contribution in [0.3, 0.4) is 0 Å². The van der Waals surface area contributed by atoms with Crippen molar-refractivity contribution in [1.29, 1.82) is 0 Å². The first kappa shape index (κ1) is 9.30. The number of nitrogens with one attached hydrogen (secondary N) is 1. The quantitative estimate of drug-likeness (QED) is 0.690. The highest BCUT2D eigenvalue weighted by Gasteiger charge is 2.22. The smallest absolute Gasteiger partial charge is 0.308 e. The second kappa shape index (κ2) is 3.46. The predicted molar refractivity (Wildman–Crippen MR) is 37.0 cm³/mol. The summed E-state index contributed by atoms with van der Waals surface area (Å²) in [5.41, 5.74) is 0. The fraction of sp³-hybridized carbons (Fsp3) is 1.00. The molecule has 0 aliphatic rings. The van der Waals surface area contributed by atoms with Crippen LogP contribution in [0.4, 0.5) is 8.78 Å². The molecule has 0 saturated carbocycles. The van der Waals surface area contributed by atoms with E-state index in [1.165, 1.54) is 0 Å². The molecule has 0 aliphatic carbocycles. The molecule has 9 heavy (non-hydrogen) atoms. The van der Waals surface area contributed by atoms with E-state index in [0.717, 1.165) is 0 Å². The van der Waals surface area contributed by atoms with Crippen molar-refractivity contribution >= 4 is 15.9 Å². The number of halogens is 3. The molecule has 0 saturated heterocycles. The Balaban J connectivity index is 3.28. The van der Waals surface area contributed by atoms with Crippen molar-refractivity contribution in [2.75, 3.05) is 6.54 Å². The zero-order valence-electron chi connectivity index (χ0n) is 5.42. The van der Waals surface area contributed by atoms with Crippen molar-refractivity contribution in [2.45, 2.75) is 24.7 Å².